The molecule has 33 heavy (non-hydrogen) atoms. The fourth-order valence-corrected chi connectivity index (χ4v) is 3.86. The van der Waals surface area contributed by atoms with E-state index < -0.39 is 17.0 Å². The number of carbonyl (C=O) groups excluding carboxylic acids is 1. The Hall–Kier alpha value is -3.50. The van der Waals surface area contributed by atoms with Crippen molar-refractivity contribution in [3.05, 3.63) is 95.7 Å². The Bertz CT molecular complexity index is 1320. The van der Waals surface area contributed by atoms with Crippen LogP contribution in [0.25, 0.3) is 10.9 Å². The molecule has 1 aromatic heterocycles. The summed E-state index contributed by atoms with van der Waals surface area (Å²) in [4.78, 5) is 15.9. The molecule has 0 spiro atoms. The van der Waals surface area contributed by atoms with Gasteiger partial charge >= 0.3 is 0 Å². The molecule has 0 aliphatic carbocycles. The summed E-state index contributed by atoms with van der Waals surface area (Å²) in [6, 6.07) is 23.2. The van der Waals surface area contributed by atoms with E-state index in [1.807, 2.05) is 30.3 Å². The fraction of sp³-hybridized carbons (Fsp3) is 0.125. The van der Waals surface area contributed by atoms with Crippen LogP contribution in [0.5, 0.6) is 0 Å². The number of aliphatic hydroxyl groups is 1. The number of anilines is 2. The van der Waals surface area contributed by atoms with E-state index in [4.69, 9.17) is 0 Å². The summed E-state index contributed by atoms with van der Waals surface area (Å²) < 4.78 is 26.1. The maximum atomic E-state index is 12.9. The van der Waals surface area contributed by atoms with Gasteiger partial charge in [-0.25, -0.2) is 9.27 Å². The van der Waals surface area contributed by atoms with E-state index in [2.05, 4.69) is 14.6 Å². The number of hydroxylamine groups is 1. The van der Waals surface area contributed by atoms with Crippen molar-refractivity contribution in [3.8, 4) is 0 Å². The molecule has 2 atom stereocenters. The predicted octanol–water partition coefficient (Wildman–Crippen LogP) is 3.84. The molecular formula is C24H22N3O5S-. The van der Waals surface area contributed by atoms with E-state index in [1.54, 1.807) is 55.5 Å². The number of hydrogen-bond donors (Lipinski definition) is 3. The Morgan fingerprint density at radius 1 is 1.06 bits per heavy atom. The molecule has 3 aromatic carbocycles. The average Bonchev–Trinajstić information content (AvgIpc) is 3.23. The average molecular weight is 465 g/mol. The number of nitrogens with one attached hydrogen (secondary N) is 2. The number of fused-ring (bicyclic) bond motifs is 1. The Morgan fingerprint density at radius 2 is 1.79 bits per heavy atom. The number of aromatic amines is 1. The van der Waals surface area contributed by atoms with Crippen LogP contribution in [0.3, 0.4) is 0 Å². The first-order valence-corrected chi connectivity index (χ1v) is 11.1. The summed E-state index contributed by atoms with van der Waals surface area (Å²) >= 11 is -2.69. The lowest BCUT2D eigenvalue weighted by molar-refractivity contribution is 0.101. The van der Waals surface area contributed by atoms with Crippen LogP contribution in [0.1, 0.15) is 28.5 Å². The minimum Gasteiger partial charge on any atom is -0.748 e. The highest BCUT2D eigenvalue weighted by Gasteiger charge is 2.25. The van der Waals surface area contributed by atoms with Crippen molar-refractivity contribution >= 4 is 39.5 Å². The molecule has 4 aromatic rings. The molecule has 9 heteroatoms. The molecule has 0 saturated heterocycles. The van der Waals surface area contributed by atoms with Crippen LogP contribution in [-0.2, 0) is 21.2 Å². The molecule has 1 heterocycles. The first-order valence-electron chi connectivity index (χ1n) is 10.1. The minimum absolute atomic E-state index is 0.332. The lowest BCUT2D eigenvalue weighted by Crippen LogP contribution is -2.23. The molecule has 0 radical (unpaired) electrons. The number of rotatable bonds is 7. The molecule has 2 unspecified atom stereocenters. The molecule has 1 amide bonds. The standard InChI is InChI=1S/C24H23N3O5S/c1-24(29,17-7-4-3-5-8-17)18-9-6-10-19(14-18)25-23(28)22-13-16-11-12-20(15-21(16)26-22)27(2)32-33(30)31/h3-15,26,29H,1-2H3,(H,25,28)(H,30,31)/p-1. The molecule has 0 aliphatic heterocycles. The number of aromatic nitrogens is 1. The Kier molecular flexibility index (Phi) is 6.30. The topological polar surface area (TPSA) is 118 Å². The van der Waals surface area contributed by atoms with E-state index in [9.17, 15) is 18.7 Å². The van der Waals surface area contributed by atoms with Gasteiger partial charge in [0, 0.05) is 23.6 Å². The molecule has 8 nitrogen and oxygen atoms in total. The summed E-state index contributed by atoms with van der Waals surface area (Å²) in [5.41, 5.74) is 2.18. The van der Waals surface area contributed by atoms with Crippen molar-refractivity contribution in [2.45, 2.75) is 12.5 Å². The van der Waals surface area contributed by atoms with Crippen LogP contribution in [-0.4, -0.2) is 31.8 Å². The van der Waals surface area contributed by atoms with Gasteiger partial charge in [-0.3, -0.25) is 4.79 Å². The highest BCUT2D eigenvalue weighted by molar-refractivity contribution is 7.74. The van der Waals surface area contributed by atoms with Crippen LogP contribution in [0, 0.1) is 0 Å². The lowest BCUT2D eigenvalue weighted by Gasteiger charge is -2.25. The van der Waals surface area contributed by atoms with Gasteiger partial charge in [0.1, 0.15) is 22.7 Å². The highest BCUT2D eigenvalue weighted by Crippen LogP contribution is 2.30. The van der Waals surface area contributed by atoms with Gasteiger partial charge in [0.15, 0.2) is 0 Å². The molecule has 4 rings (SSSR count). The number of nitrogens with zero attached hydrogens (tertiary/aromatic N) is 1. The molecule has 0 bridgehead atoms. The third-order valence-corrected chi connectivity index (χ3v) is 5.75. The fourth-order valence-electron chi connectivity index (χ4n) is 3.60. The maximum Gasteiger partial charge on any atom is 0.272 e. The van der Waals surface area contributed by atoms with Gasteiger partial charge in [-0.15, -0.1) is 0 Å². The van der Waals surface area contributed by atoms with Crippen LogP contribution < -0.4 is 10.4 Å². The van der Waals surface area contributed by atoms with Crippen LogP contribution in [0.2, 0.25) is 0 Å². The van der Waals surface area contributed by atoms with Gasteiger partial charge in [0.25, 0.3) is 5.91 Å². The van der Waals surface area contributed by atoms with Crippen molar-refractivity contribution < 1.29 is 22.9 Å². The van der Waals surface area contributed by atoms with Crippen molar-refractivity contribution in [1.29, 1.82) is 0 Å². The predicted molar refractivity (Wildman–Crippen MR) is 126 cm³/mol. The second-order valence-corrected chi connectivity index (χ2v) is 8.26. The Balaban J connectivity index is 1.55. The highest BCUT2D eigenvalue weighted by atomic mass is 32.2. The first kappa shape index (κ1) is 22.7. The van der Waals surface area contributed by atoms with Crippen molar-refractivity contribution in [2.75, 3.05) is 17.4 Å². The zero-order valence-corrected chi connectivity index (χ0v) is 18.8. The quantitative estimate of drug-likeness (QED) is 0.283. The monoisotopic (exact) mass is 464 g/mol. The zero-order chi connectivity index (χ0) is 23.6. The minimum atomic E-state index is -2.69. The van der Waals surface area contributed by atoms with Crippen molar-refractivity contribution in [3.63, 3.8) is 0 Å². The van der Waals surface area contributed by atoms with Gasteiger partial charge in [-0.05, 0) is 48.4 Å². The summed E-state index contributed by atoms with van der Waals surface area (Å²) in [6.07, 6.45) is 0. The maximum absolute atomic E-state index is 12.9. The number of H-pyrrole nitrogens is 1. The largest absolute Gasteiger partial charge is 0.748 e. The molecule has 0 fully saturated rings. The zero-order valence-electron chi connectivity index (χ0n) is 17.9. The summed E-state index contributed by atoms with van der Waals surface area (Å²) in [7, 11) is 1.46. The van der Waals surface area contributed by atoms with Crippen molar-refractivity contribution in [2.24, 2.45) is 0 Å². The molecule has 0 saturated carbocycles. The van der Waals surface area contributed by atoms with Gasteiger partial charge in [-0.1, -0.05) is 48.5 Å². The van der Waals surface area contributed by atoms with Gasteiger partial charge in [0.05, 0.1) is 5.69 Å². The third-order valence-electron chi connectivity index (χ3n) is 5.41. The lowest BCUT2D eigenvalue weighted by atomic mass is 9.88. The van der Waals surface area contributed by atoms with Crippen LogP contribution in [0.4, 0.5) is 11.4 Å². The first-order chi connectivity index (χ1) is 15.7. The van der Waals surface area contributed by atoms with Gasteiger partial charge in [0.2, 0.25) is 0 Å². The third kappa shape index (κ3) is 4.96. The molecular weight excluding hydrogens is 442 g/mol. The summed E-state index contributed by atoms with van der Waals surface area (Å²) in [6.45, 7) is 1.71. The van der Waals surface area contributed by atoms with Crippen molar-refractivity contribution in [1.82, 2.24) is 4.98 Å². The van der Waals surface area contributed by atoms with E-state index in [0.717, 1.165) is 16.0 Å². The molecule has 3 N–H and O–H groups in total. The van der Waals surface area contributed by atoms with Gasteiger partial charge in [-0.2, -0.15) is 4.28 Å². The van der Waals surface area contributed by atoms with E-state index in [0.29, 0.717) is 28.1 Å². The second kappa shape index (κ2) is 9.16. The Morgan fingerprint density at radius 3 is 2.52 bits per heavy atom. The van der Waals surface area contributed by atoms with E-state index >= 15 is 0 Å². The smallest absolute Gasteiger partial charge is 0.272 e. The number of carbonyl (C=O) groups is 1. The Labute approximate surface area is 193 Å². The molecule has 0 aliphatic rings. The second-order valence-electron chi connectivity index (χ2n) is 7.70. The molecule has 170 valence electrons. The number of amides is 1. The summed E-state index contributed by atoms with van der Waals surface area (Å²) in [5.74, 6) is -0.352. The number of benzene rings is 3. The van der Waals surface area contributed by atoms with Crippen LogP contribution in [0.15, 0.2) is 78.9 Å². The number of hydrogen-bond acceptors (Lipinski definition) is 6. The van der Waals surface area contributed by atoms with E-state index in [-0.39, 0.29) is 5.91 Å². The van der Waals surface area contributed by atoms with Gasteiger partial charge < -0.3 is 20.0 Å². The normalized spacial score (nSPS) is 13.9. The SMILES string of the molecule is CN(OS(=O)[O-])c1ccc2cc(C(=O)Nc3cccc(C(C)(O)c4ccccc4)c3)[nH]c2c1. The summed E-state index contributed by atoms with van der Waals surface area (Å²) in [5, 5.41) is 15.8. The van der Waals surface area contributed by atoms with E-state index in [1.165, 1.54) is 7.05 Å². The van der Waals surface area contributed by atoms with Crippen LogP contribution >= 0.6 is 0 Å².